The quantitative estimate of drug-likeness (QED) is 0.573. The summed E-state index contributed by atoms with van der Waals surface area (Å²) in [5.74, 6) is 0.307. The topological polar surface area (TPSA) is 32.3 Å². The average Bonchev–Trinajstić information content (AvgIpc) is 2.32. The van der Waals surface area contributed by atoms with Crippen LogP contribution in [0.4, 0.5) is 0 Å². The number of hydrogen-bond donors (Lipinski definition) is 1. The molecule has 2 aliphatic rings. The minimum Gasteiger partial charge on any atom is -0.345 e. The van der Waals surface area contributed by atoms with Crippen molar-refractivity contribution in [2.45, 2.75) is 20.3 Å². The fourth-order valence-electron chi connectivity index (χ4n) is 1.82. The maximum Gasteiger partial charge on any atom is 0.223 e. The number of likely N-dealkylation sites (tertiary alicyclic amines) is 1. The first-order valence-corrected chi connectivity index (χ1v) is 4.67. The van der Waals surface area contributed by atoms with Crippen LogP contribution in [0.1, 0.15) is 20.3 Å². The Kier molecular flexibility index (Phi) is 2.73. The molecular weight excluding hydrogens is 152 g/mol. The maximum atomic E-state index is 11.1. The fourth-order valence-corrected chi connectivity index (χ4v) is 1.82. The van der Waals surface area contributed by atoms with Crippen LogP contribution in [-0.2, 0) is 4.79 Å². The smallest absolute Gasteiger partial charge is 0.223 e. The predicted octanol–water partition coefficient (Wildman–Crippen LogP) is 0.464. The lowest BCUT2D eigenvalue weighted by atomic mass is 9.81. The molecule has 2 rings (SSSR count). The van der Waals surface area contributed by atoms with E-state index < -0.39 is 0 Å². The number of amides is 1. The van der Waals surface area contributed by atoms with Crippen molar-refractivity contribution in [3.63, 3.8) is 0 Å². The lowest BCUT2D eigenvalue weighted by Gasteiger charge is -2.37. The van der Waals surface area contributed by atoms with Crippen LogP contribution < -0.4 is 5.32 Å². The van der Waals surface area contributed by atoms with Crippen LogP contribution in [0.2, 0.25) is 0 Å². The molecule has 1 spiro atoms. The zero-order chi connectivity index (χ0) is 9.19. The van der Waals surface area contributed by atoms with Gasteiger partial charge in [-0.05, 0) is 0 Å². The highest BCUT2D eigenvalue weighted by atomic mass is 16.2. The minimum absolute atomic E-state index is 0.307. The molecule has 0 aromatic carbocycles. The van der Waals surface area contributed by atoms with Gasteiger partial charge in [-0.25, -0.2) is 0 Å². The van der Waals surface area contributed by atoms with Crippen LogP contribution in [0.5, 0.6) is 0 Å². The van der Waals surface area contributed by atoms with E-state index in [-0.39, 0.29) is 0 Å². The molecule has 1 amide bonds. The maximum absolute atomic E-state index is 11.1. The van der Waals surface area contributed by atoms with Crippen LogP contribution in [0, 0.1) is 5.41 Å². The van der Waals surface area contributed by atoms with E-state index in [1.54, 1.807) is 0 Å². The SMILES string of the molecule is CC.CN1CC2(CNC2)CC1=O. The molecule has 2 saturated heterocycles. The molecule has 70 valence electrons. The number of nitrogens with zero attached hydrogens (tertiary/aromatic N) is 1. The van der Waals surface area contributed by atoms with Crippen molar-refractivity contribution in [1.82, 2.24) is 10.2 Å². The molecule has 2 aliphatic heterocycles. The van der Waals surface area contributed by atoms with E-state index in [0.717, 1.165) is 26.1 Å². The predicted molar refractivity (Wildman–Crippen MR) is 48.9 cm³/mol. The molecule has 0 aromatic heterocycles. The van der Waals surface area contributed by atoms with Crippen molar-refractivity contribution in [2.24, 2.45) is 5.41 Å². The Morgan fingerprint density at radius 2 is 2.00 bits per heavy atom. The third-order valence-corrected chi connectivity index (χ3v) is 2.52. The minimum atomic E-state index is 0.307. The van der Waals surface area contributed by atoms with Gasteiger partial charge in [0.05, 0.1) is 0 Å². The lowest BCUT2D eigenvalue weighted by Crippen LogP contribution is -2.54. The Labute approximate surface area is 74.1 Å². The van der Waals surface area contributed by atoms with Gasteiger partial charge in [0, 0.05) is 38.5 Å². The highest BCUT2D eigenvalue weighted by molar-refractivity contribution is 5.79. The monoisotopic (exact) mass is 170 g/mol. The van der Waals surface area contributed by atoms with Gasteiger partial charge in [-0.3, -0.25) is 4.79 Å². The summed E-state index contributed by atoms with van der Waals surface area (Å²) in [5, 5.41) is 3.21. The average molecular weight is 170 g/mol. The van der Waals surface area contributed by atoms with Crippen molar-refractivity contribution in [2.75, 3.05) is 26.7 Å². The number of rotatable bonds is 0. The molecule has 0 atom stereocenters. The standard InChI is InChI=1S/C7H12N2O.C2H6/c1-9-5-7(2-6(9)10)3-8-4-7;1-2/h8H,2-5H2,1H3;1-2H3. The second-order valence-corrected chi connectivity index (χ2v) is 3.53. The van der Waals surface area contributed by atoms with E-state index in [2.05, 4.69) is 5.32 Å². The first kappa shape index (κ1) is 9.52. The Morgan fingerprint density at radius 3 is 2.17 bits per heavy atom. The van der Waals surface area contributed by atoms with E-state index in [1.165, 1.54) is 0 Å². The van der Waals surface area contributed by atoms with Crippen molar-refractivity contribution < 1.29 is 4.79 Å². The fraction of sp³-hybridized carbons (Fsp3) is 0.889. The van der Waals surface area contributed by atoms with Crippen molar-refractivity contribution in [3.05, 3.63) is 0 Å². The molecule has 1 N–H and O–H groups in total. The summed E-state index contributed by atoms with van der Waals surface area (Å²) in [5.41, 5.74) is 0.325. The van der Waals surface area contributed by atoms with E-state index in [9.17, 15) is 4.79 Å². The summed E-state index contributed by atoms with van der Waals surface area (Å²) in [7, 11) is 1.88. The highest BCUT2D eigenvalue weighted by Crippen LogP contribution is 2.33. The van der Waals surface area contributed by atoms with Gasteiger partial charge in [-0.2, -0.15) is 0 Å². The molecule has 0 radical (unpaired) electrons. The van der Waals surface area contributed by atoms with Gasteiger partial charge in [-0.15, -0.1) is 0 Å². The summed E-state index contributed by atoms with van der Waals surface area (Å²) in [6.45, 7) is 7.02. The second kappa shape index (κ2) is 3.44. The molecule has 2 fully saturated rings. The third-order valence-electron chi connectivity index (χ3n) is 2.52. The Morgan fingerprint density at radius 1 is 1.42 bits per heavy atom. The number of carbonyl (C=O) groups is 1. The largest absolute Gasteiger partial charge is 0.345 e. The molecular formula is C9H18N2O. The molecule has 0 saturated carbocycles. The van der Waals surface area contributed by atoms with E-state index >= 15 is 0 Å². The number of carbonyl (C=O) groups excluding carboxylic acids is 1. The van der Waals surface area contributed by atoms with E-state index in [1.807, 2.05) is 25.8 Å². The lowest BCUT2D eigenvalue weighted by molar-refractivity contribution is -0.126. The Balaban J connectivity index is 0.000000336. The van der Waals surface area contributed by atoms with Crippen LogP contribution in [-0.4, -0.2) is 37.5 Å². The third kappa shape index (κ3) is 1.46. The molecule has 3 heteroatoms. The molecule has 3 nitrogen and oxygen atoms in total. The normalized spacial score (nSPS) is 24.9. The van der Waals surface area contributed by atoms with Crippen molar-refractivity contribution in [3.8, 4) is 0 Å². The van der Waals surface area contributed by atoms with Gasteiger partial charge in [0.15, 0.2) is 0 Å². The van der Waals surface area contributed by atoms with Crippen LogP contribution >= 0.6 is 0 Å². The summed E-state index contributed by atoms with van der Waals surface area (Å²) >= 11 is 0. The van der Waals surface area contributed by atoms with Gasteiger partial charge in [0.2, 0.25) is 5.91 Å². The zero-order valence-corrected chi connectivity index (χ0v) is 8.18. The van der Waals surface area contributed by atoms with Gasteiger partial charge < -0.3 is 10.2 Å². The zero-order valence-electron chi connectivity index (χ0n) is 8.18. The van der Waals surface area contributed by atoms with E-state index in [4.69, 9.17) is 0 Å². The van der Waals surface area contributed by atoms with Gasteiger partial charge in [-0.1, -0.05) is 13.8 Å². The van der Waals surface area contributed by atoms with Crippen molar-refractivity contribution >= 4 is 5.91 Å². The highest BCUT2D eigenvalue weighted by Gasteiger charge is 2.45. The summed E-state index contributed by atoms with van der Waals surface area (Å²) in [6, 6.07) is 0. The molecule has 0 aliphatic carbocycles. The number of hydrogen-bond acceptors (Lipinski definition) is 2. The summed E-state index contributed by atoms with van der Waals surface area (Å²) in [4.78, 5) is 12.9. The first-order chi connectivity index (χ1) is 5.72. The van der Waals surface area contributed by atoms with Crippen LogP contribution in [0.25, 0.3) is 0 Å². The Bertz CT molecular complexity index is 175. The number of nitrogens with one attached hydrogen (secondary N) is 1. The first-order valence-electron chi connectivity index (χ1n) is 4.67. The second-order valence-electron chi connectivity index (χ2n) is 3.53. The van der Waals surface area contributed by atoms with Gasteiger partial charge in [0.25, 0.3) is 0 Å². The molecule has 0 unspecified atom stereocenters. The molecule has 0 aromatic rings. The van der Waals surface area contributed by atoms with Crippen LogP contribution in [0.15, 0.2) is 0 Å². The Hall–Kier alpha value is -0.570. The van der Waals surface area contributed by atoms with Crippen molar-refractivity contribution in [1.29, 1.82) is 0 Å². The van der Waals surface area contributed by atoms with E-state index in [0.29, 0.717) is 11.3 Å². The van der Waals surface area contributed by atoms with Gasteiger partial charge in [0.1, 0.15) is 0 Å². The molecule has 0 bridgehead atoms. The molecule has 2 heterocycles. The van der Waals surface area contributed by atoms with Gasteiger partial charge >= 0.3 is 0 Å². The summed E-state index contributed by atoms with van der Waals surface area (Å²) in [6.07, 6.45) is 0.760. The summed E-state index contributed by atoms with van der Waals surface area (Å²) < 4.78 is 0. The van der Waals surface area contributed by atoms with Crippen LogP contribution in [0.3, 0.4) is 0 Å². The molecule has 12 heavy (non-hydrogen) atoms.